The summed E-state index contributed by atoms with van der Waals surface area (Å²) in [4.78, 5) is 24.6. The van der Waals surface area contributed by atoms with E-state index in [0.717, 1.165) is 0 Å². The molecule has 222 valence electrons. The number of alkyl halides is 11. The summed E-state index contributed by atoms with van der Waals surface area (Å²) >= 11 is 0. The fourth-order valence-corrected chi connectivity index (χ4v) is 6.60. The average Bonchev–Trinajstić information content (AvgIpc) is 2.75. The van der Waals surface area contributed by atoms with Crippen molar-refractivity contribution in [2.45, 2.75) is 105 Å². The Bertz CT molecular complexity index is 1040. The lowest BCUT2D eigenvalue weighted by atomic mass is 9.52. The standard InChI is InChI=1S/C23H23F11O5/c1-10(2)14(35)38-17-7-12-4-13(8-17)6-16(5-12,9-17)37-11(3)15(36)39-23(34)21(30,31)19(26,27)18(24,25)20(28,29)22(23,32)33/h11-13H,1,4-9H2,2-3H3. The van der Waals surface area contributed by atoms with Crippen LogP contribution >= 0.6 is 0 Å². The Hall–Kier alpha value is -2.13. The number of esters is 2. The molecule has 5 nitrogen and oxygen atoms in total. The van der Waals surface area contributed by atoms with Gasteiger partial charge in [-0.3, -0.25) is 0 Å². The molecule has 5 aliphatic rings. The van der Waals surface area contributed by atoms with Crippen LogP contribution in [0.2, 0.25) is 0 Å². The third-order valence-corrected chi connectivity index (χ3v) is 8.00. The first-order valence-electron chi connectivity index (χ1n) is 11.8. The maximum atomic E-state index is 14.9. The van der Waals surface area contributed by atoms with Gasteiger partial charge >= 0.3 is 47.4 Å². The van der Waals surface area contributed by atoms with Gasteiger partial charge in [-0.25, -0.2) is 9.59 Å². The normalized spacial score (nSPS) is 38.5. The largest absolute Gasteiger partial charge is 0.456 e. The van der Waals surface area contributed by atoms with E-state index in [2.05, 4.69) is 11.3 Å². The number of hydrogen-bond acceptors (Lipinski definition) is 5. The van der Waals surface area contributed by atoms with Crippen molar-refractivity contribution in [3.63, 3.8) is 0 Å². The lowest BCUT2D eigenvalue weighted by molar-refractivity contribution is -0.518. The molecule has 39 heavy (non-hydrogen) atoms. The minimum Gasteiger partial charge on any atom is -0.456 e. The van der Waals surface area contributed by atoms with E-state index in [1.54, 1.807) is 0 Å². The predicted molar refractivity (Wildman–Crippen MR) is 106 cm³/mol. The second-order valence-corrected chi connectivity index (χ2v) is 11.1. The van der Waals surface area contributed by atoms with Gasteiger partial charge in [0.05, 0.1) is 5.60 Å². The van der Waals surface area contributed by atoms with E-state index in [4.69, 9.17) is 9.47 Å². The topological polar surface area (TPSA) is 61.8 Å². The molecule has 5 fully saturated rings. The van der Waals surface area contributed by atoms with Crippen molar-refractivity contribution in [2.24, 2.45) is 11.8 Å². The molecule has 5 aliphatic carbocycles. The van der Waals surface area contributed by atoms with Crippen LogP contribution in [0, 0.1) is 11.8 Å². The molecular formula is C23H23F11O5. The van der Waals surface area contributed by atoms with E-state index < -0.39 is 64.7 Å². The van der Waals surface area contributed by atoms with Crippen molar-refractivity contribution in [1.82, 2.24) is 0 Å². The van der Waals surface area contributed by atoms with Crippen molar-refractivity contribution < 1.29 is 72.1 Å². The summed E-state index contributed by atoms with van der Waals surface area (Å²) in [6, 6.07) is 0. The number of carbonyl (C=O) groups excluding carboxylic acids is 2. The lowest BCUT2D eigenvalue weighted by Gasteiger charge is -2.61. The number of halogens is 11. The van der Waals surface area contributed by atoms with E-state index in [-0.39, 0.29) is 36.7 Å². The van der Waals surface area contributed by atoms with E-state index in [1.165, 1.54) is 6.92 Å². The minimum atomic E-state index is -7.42. The van der Waals surface area contributed by atoms with Gasteiger partial charge in [0.25, 0.3) is 0 Å². The molecule has 0 saturated heterocycles. The number of hydrogen-bond donors (Lipinski definition) is 0. The fourth-order valence-electron chi connectivity index (χ4n) is 6.60. The molecular weight excluding hydrogens is 565 g/mol. The van der Waals surface area contributed by atoms with Gasteiger partial charge < -0.3 is 14.2 Å². The number of rotatable bonds is 6. The molecule has 0 spiro atoms. The van der Waals surface area contributed by atoms with Gasteiger partial charge in [0.1, 0.15) is 5.60 Å². The first-order chi connectivity index (χ1) is 17.4. The quantitative estimate of drug-likeness (QED) is 0.217. The Balaban J connectivity index is 1.60. The van der Waals surface area contributed by atoms with E-state index in [1.807, 2.05) is 0 Å². The van der Waals surface area contributed by atoms with Gasteiger partial charge in [-0.1, -0.05) is 6.58 Å². The van der Waals surface area contributed by atoms with Gasteiger partial charge in [0.15, 0.2) is 6.10 Å². The minimum absolute atomic E-state index is 0.0689. The van der Waals surface area contributed by atoms with Crippen LogP contribution in [0.4, 0.5) is 48.3 Å². The highest BCUT2D eigenvalue weighted by molar-refractivity contribution is 5.87. The van der Waals surface area contributed by atoms with Crippen LogP contribution in [0.25, 0.3) is 0 Å². The van der Waals surface area contributed by atoms with Gasteiger partial charge in [-0.15, -0.1) is 0 Å². The summed E-state index contributed by atoms with van der Waals surface area (Å²) < 4.78 is 168. The van der Waals surface area contributed by atoms with Crippen LogP contribution in [-0.4, -0.2) is 64.7 Å². The highest BCUT2D eigenvalue weighted by Crippen LogP contribution is 2.70. The molecule has 0 N–H and O–H groups in total. The summed E-state index contributed by atoms with van der Waals surface area (Å²) in [6.45, 7) is 5.53. The molecule has 5 saturated carbocycles. The van der Waals surface area contributed by atoms with Crippen LogP contribution in [-0.2, 0) is 23.8 Å². The predicted octanol–water partition coefficient (Wildman–Crippen LogP) is 6.00. The molecule has 0 aromatic heterocycles. The Labute approximate surface area is 214 Å². The Morgan fingerprint density at radius 1 is 0.718 bits per heavy atom. The average molecular weight is 588 g/mol. The van der Waals surface area contributed by atoms with E-state index in [0.29, 0.717) is 26.2 Å². The number of carbonyl (C=O) groups is 2. The maximum absolute atomic E-state index is 14.9. The lowest BCUT2D eigenvalue weighted by Crippen LogP contribution is -2.84. The molecule has 0 aromatic rings. The monoisotopic (exact) mass is 588 g/mol. The molecule has 3 unspecified atom stereocenters. The molecule has 5 rings (SSSR count). The SMILES string of the molecule is C=C(C)C(=O)OC12CC3CC(C1)CC(OC(C)C(=O)OC1(F)C(F)(F)C(F)(F)C(F)(F)C(F)(F)C1(F)F)(C3)C2. The highest BCUT2D eigenvalue weighted by Gasteiger charge is 3.03. The zero-order valence-corrected chi connectivity index (χ0v) is 20.4. The van der Waals surface area contributed by atoms with Gasteiger partial charge in [-0.05, 0) is 57.8 Å². The summed E-state index contributed by atoms with van der Waals surface area (Å²) in [7, 11) is 0. The summed E-state index contributed by atoms with van der Waals surface area (Å²) in [6.07, 6.45) is -0.585. The van der Waals surface area contributed by atoms with Crippen LogP contribution in [0.15, 0.2) is 12.2 Å². The molecule has 0 aliphatic heterocycles. The third kappa shape index (κ3) is 3.74. The fraction of sp³-hybridized carbons (Fsp3) is 0.826. The summed E-state index contributed by atoms with van der Waals surface area (Å²) in [5.41, 5.74) is -2.41. The Morgan fingerprint density at radius 2 is 1.13 bits per heavy atom. The zero-order chi connectivity index (χ0) is 29.8. The molecule has 0 heterocycles. The summed E-state index contributed by atoms with van der Waals surface area (Å²) in [5, 5.41) is 0. The molecule has 4 bridgehead atoms. The molecule has 3 atom stereocenters. The van der Waals surface area contributed by atoms with Crippen LogP contribution in [0.3, 0.4) is 0 Å². The van der Waals surface area contributed by atoms with Crippen LogP contribution in [0.5, 0.6) is 0 Å². The van der Waals surface area contributed by atoms with Crippen LogP contribution in [0.1, 0.15) is 52.4 Å². The van der Waals surface area contributed by atoms with Crippen molar-refractivity contribution >= 4 is 11.9 Å². The van der Waals surface area contributed by atoms with E-state index >= 15 is 0 Å². The van der Waals surface area contributed by atoms with Gasteiger partial charge in [-0.2, -0.15) is 48.3 Å². The van der Waals surface area contributed by atoms with Crippen molar-refractivity contribution in [2.75, 3.05) is 0 Å². The molecule has 0 radical (unpaired) electrons. The van der Waals surface area contributed by atoms with Gasteiger partial charge in [0.2, 0.25) is 0 Å². The maximum Gasteiger partial charge on any atom is 0.391 e. The first-order valence-corrected chi connectivity index (χ1v) is 11.8. The molecule has 16 heteroatoms. The second-order valence-electron chi connectivity index (χ2n) is 11.1. The summed E-state index contributed by atoms with van der Waals surface area (Å²) in [5.74, 6) is -47.3. The Kier molecular flexibility index (Phi) is 6.29. The smallest absolute Gasteiger partial charge is 0.391 e. The van der Waals surface area contributed by atoms with Crippen molar-refractivity contribution in [3.05, 3.63) is 12.2 Å². The molecule has 0 amide bonds. The Morgan fingerprint density at radius 3 is 1.56 bits per heavy atom. The van der Waals surface area contributed by atoms with Crippen LogP contribution < -0.4 is 0 Å². The van der Waals surface area contributed by atoms with Crippen molar-refractivity contribution in [1.29, 1.82) is 0 Å². The second kappa shape index (κ2) is 8.21. The number of ether oxygens (including phenoxy) is 3. The van der Waals surface area contributed by atoms with Gasteiger partial charge in [0, 0.05) is 12.0 Å². The zero-order valence-electron chi connectivity index (χ0n) is 20.4. The van der Waals surface area contributed by atoms with E-state index in [9.17, 15) is 57.9 Å². The first kappa shape index (κ1) is 29.8. The van der Waals surface area contributed by atoms with Crippen molar-refractivity contribution in [3.8, 4) is 0 Å². The highest BCUT2D eigenvalue weighted by atomic mass is 19.4. The molecule has 0 aromatic carbocycles. The third-order valence-electron chi connectivity index (χ3n) is 8.00.